The van der Waals surface area contributed by atoms with Crippen molar-refractivity contribution in [3.63, 3.8) is 0 Å². The molecular weight excluding hydrogens is 527 g/mol. The Morgan fingerprint density at radius 3 is 2.39 bits per heavy atom. The minimum atomic E-state index is -4.41. The molecule has 0 unspecified atom stereocenters. The molecule has 36 heavy (non-hydrogen) atoms. The largest absolute Gasteiger partial charge is 0.446 e. The highest BCUT2D eigenvalue weighted by Crippen LogP contribution is 2.44. The van der Waals surface area contributed by atoms with Crippen LogP contribution in [0.25, 0.3) is 0 Å². The molecule has 2 aliphatic heterocycles. The van der Waals surface area contributed by atoms with Gasteiger partial charge in [0.05, 0.1) is 29.2 Å². The number of nitrogens with zero attached hydrogens (tertiary/aromatic N) is 5. The molecule has 1 aliphatic carbocycles. The lowest BCUT2D eigenvalue weighted by Crippen LogP contribution is -2.49. The minimum absolute atomic E-state index is 0.0291. The van der Waals surface area contributed by atoms with Gasteiger partial charge in [-0.15, -0.1) is 0 Å². The van der Waals surface area contributed by atoms with Crippen LogP contribution < -0.4 is 10.2 Å². The third kappa shape index (κ3) is 5.01. The van der Waals surface area contributed by atoms with Crippen molar-refractivity contribution < 1.29 is 31.3 Å². The lowest BCUT2D eigenvalue weighted by Gasteiger charge is -2.41. The van der Waals surface area contributed by atoms with Crippen LogP contribution in [-0.4, -0.2) is 65.2 Å². The zero-order chi connectivity index (χ0) is 25.7. The highest BCUT2D eigenvalue weighted by atomic mass is 32.2. The number of nitrogens with one attached hydrogen (secondary N) is 1. The second-order valence-corrected chi connectivity index (χ2v) is 11.9. The van der Waals surface area contributed by atoms with Crippen LogP contribution in [0.2, 0.25) is 0 Å². The Morgan fingerprint density at radius 2 is 1.83 bits per heavy atom. The number of hydrogen-bond donors (Lipinski definition) is 2. The number of fused-ring (bicyclic) bond motifs is 1. The fraction of sp³-hybridized carbons (Fsp3) is 0.619. The summed E-state index contributed by atoms with van der Waals surface area (Å²) >= 11 is -0.271. The molecule has 0 spiro atoms. The van der Waals surface area contributed by atoms with Crippen molar-refractivity contribution in [2.75, 3.05) is 29.9 Å². The van der Waals surface area contributed by atoms with E-state index in [1.165, 1.54) is 0 Å². The van der Waals surface area contributed by atoms with Gasteiger partial charge in [-0.3, -0.25) is 0 Å². The first-order valence-corrected chi connectivity index (χ1v) is 13.4. The predicted molar refractivity (Wildman–Crippen MR) is 123 cm³/mol. The standard InChI is InChI=1S/C21H23F5N6O2S2/c22-20(23)8-14-15(36(20)34)17(31-19(11-33)4-1-5-19)30-18(29-14)32-6-2-12(3-7-32)16-27-9-13(10-28-16)35-21(24,25)26/h9-10,12,33H,1-8,11H2,(H,29,30,31)/t36-/m1/s1. The molecular formula is C21H23F5N6O2S2. The summed E-state index contributed by atoms with van der Waals surface area (Å²) in [6.07, 6.45) is 4.86. The van der Waals surface area contributed by atoms with E-state index in [0.717, 1.165) is 18.8 Å². The van der Waals surface area contributed by atoms with Gasteiger partial charge in [0.2, 0.25) is 5.95 Å². The number of aromatic nitrogens is 4. The summed E-state index contributed by atoms with van der Waals surface area (Å²) in [5.74, 6) is 0.670. The summed E-state index contributed by atoms with van der Waals surface area (Å²) < 4.78 is 78.7. The molecule has 2 aromatic rings. The van der Waals surface area contributed by atoms with E-state index in [0.29, 0.717) is 44.6 Å². The molecule has 0 radical (unpaired) electrons. The highest BCUT2D eigenvalue weighted by molar-refractivity contribution is 8.00. The van der Waals surface area contributed by atoms with E-state index < -0.39 is 33.5 Å². The number of piperidine rings is 1. The zero-order valence-electron chi connectivity index (χ0n) is 18.9. The van der Waals surface area contributed by atoms with Crippen LogP contribution in [0.4, 0.5) is 33.7 Å². The number of thioether (sulfide) groups is 1. The van der Waals surface area contributed by atoms with Gasteiger partial charge in [0.1, 0.15) is 27.3 Å². The number of rotatable bonds is 6. The second kappa shape index (κ2) is 9.31. The second-order valence-electron chi connectivity index (χ2n) is 9.23. The number of aliphatic hydroxyl groups excluding tert-OH is 1. The molecule has 8 nitrogen and oxygen atoms in total. The molecule has 0 bridgehead atoms. The van der Waals surface area contributed by atoms with Crippen molar-refractivity contribution in [1.29, 1.82) is 0 Å². The predicted octanol–water partition coefficient (Wildman–Crippen LogP) is 3.85. The van der Waals surface area contributed by atoms with Gasteiger partial charge >= 0.3 is 10.8 Å². The van der Waals surface area contributed by atoms with Crippen molar-refractivity contribution in [2.24, 2.45) is 0 Å². The van der Waals surface area contributed by atoms with Crippen molar-refractivity contribution in [3.8, 4) is 0 Å². The maximum absolute atomic E-state index is 14.3. The van der Waals surface area contributed by atoms with Crippen LogP contribution >= 0.6 is 11.8 Å². The van der Waals surface area contributed by atoms with Crippen LogP contribution in [-0.2, 0) is 17.2 Å². The van der Waals surface area contributed by atoms with Gasteiger partial charge in [-0.1, -0.05) is 0 Å². The average molecular weight is 551 g/mol. The molecule has 3 aliphatic rings. The normalized spacial score (nSPS) is 23.3. The summed E-state index contributed by atoms with van der Waals surface area (Å²) in [5, 5.41) is 9.48. The van der Waals surface area contributed by atoms with Crippen LogP contribution in [0.1, 0.15) is 49.5 Å². The third-order valence-corrected chi connectivity index (χ3v) is 8.94. The molecule has 4 heterocycles. The Balaban J connectivity index is 1.33. The Kier molecular flexibility index (Phi) is 6.60. The summed E-state index contributed by atoms with van der Waals surface area (Å²) in [6, 6.07) is 0. The summed E-state index contributed by atoms with van der Waals surface area (Å²) in [7, 11) is -2.60. The molecule has 1 saturated heterocycles. The first kappa shape index (κ1) is 25.5. The van der Waals surface area contributed by atoms with E-state index in [1.54, 1.807) is 0 Å². The lowest BCUT2D eigenvalue weighted by molar-refractivity contribution is -0.0328. The smallest absolute Gasteiger partial charge is 0.394 e. The number of hydrogen-bond acceptors (Lipinski definition) is 9. The Hall–Kier alpha value is -2.13. The number of alkyl halides is 5. The molecule has 2 fully saturated rings. The molecule has 15 heteroatoms. The summed E-state index contributed by atoms with van der Waals surface area (Å²) in [6.45, 7) is 0.710. The van der Waals surface area contributed by atoms with Crippen molar-refractivity contribution in [1.82, 2.24) is 19.9 Å². The van der Waals surface area contributed by atoms with E-state index in [2.05, 4.69) is 25.3 Å². The Labute approximate surface area is 210 Å². The van der Waals surface area contributed by atoms with Gasteiger partial charge in [0.25, 0.3) is 0 Å². The van der Waals surface area contributed by atoms with E-state index in [9.17, 15) is 31.3 Å². The van der Waals surface area contributed by atoms with E-state index in [4.69, 9.17) is 0 Å². The number of halogens is 5. The summed E-state index contributed by atoms with van der Waals surface area (Å²) in [4.78, 5) is 18.6. The van der Waals surface area contributed by atoms with Crippen molar-refractivity contribution in [2.45, 2.75) is 70.5 Å². The van der Waals surface area contributed by atoms with Crippen molar-refractivity contribution >= 4 is 34.3 Å². The van der Waals surface area contributed by atoms with Gasteiger partial charge in [-0.25, -0.2) is 19.2 Å². The SMILES string of the molecule is O=[S@@]1c2c(nc(N3CCC(c4ncc(SC(F)(F)F)cn4)CC3)nc2NC2(CO)CCC2)CC1(F)F. The maximum atomic E-state index is 14.3. The van der Waals surface area contributed by atoms with Gasteiger partial charge in [0, 0.05) is 31.4 Å². The topological polar surface area (TPSA) is 104 Å². The van der Waals surface area contributed by atoms with E-state index in [-0.39, 0.29) is 51.5 Å². The number of aliphatic hydroxyl groups is 1. The average Bonchev–Trinajstić information content (AvgIpc) is 3.04. The monoisotopic (exact) mass is 550 g/mol. The van der Waals surface area contributed by atoms with Gasteiger partial charge in [-0.05, 0) is 43.9 Å². The minimum Gasteiger partial charge on any atom is -0.394 e. The van der Waals surface area contributed by atoms with Crippen LogP contribution in [0.15, 0.2) is 22.2 Å². The molecule has 2 aromatic heterocycles. The van der Waals surface area contributed by atoms with Crippen LogP contribution in [0.5, 0.6) is 0 Å². The quantitative estimate of drug-likeness (QED) is 0.410. The molecule has 1 atom stereocenters. The summed E-state index contributed by atoms with van der Waals surface area (Å²) in [5.41, 5.74) is -5.06. The molecule has 2 N–H and O–H groups in total. The third-order valence-electron chi connectivity index (χ3n) is 6.78. The molecule has 196 valence electrons. The Morgan fingerprint density at radius 1 is 1.17 bits per heavy atom. The van der Waals surface area contributed by atoms with Crippen molar-refractivity contribution in [3.05, 3.63) is 23.9 Å². The molecule has 0 aromatic carbocycles. The fourth-order valence-electron chi connectivity index (χ4n) is 4.67. The van der Waals surface area contributed by atoms with Gasteiger partial charge in [0.15, 0.2) is 0 Å². The molecule has 5 rings (SSSR count). The lowest BCUT2D eigenvalue weighted by atomic mass is 9.77. The first-order chi connectivity index (χ1) is 17.0. The highest BCUT2D eigenvalue weighted by Gasteiger charge is 2.50. The molecule has 1 saturated carbocycles. The Bertz CT molecular complexity index is 1150. The van der Waals surface area contributed by atoms with Crippen LogP contribution in [0, 0.1) is 0 Å². The zero-order valence-corrected chi connectivity index (χ0v) is 20.5. The van der Waals surface area contributed by atoms with Crippen LogP contribution in [0.3, 0.4) is 0 Å². The maximum Gasteiger partial charge on any atom is 0.446 e. The van der Waals surface area contributed by atoms with E-state index >= 15 is 0 Å². The van der Waals surface area contributed by atoms with Gasteiger partial charge < -0.3 is 15.3 Å². The number of anilines is 2. The fourth-order valence-corrected chi connectivity index (χ4v) is 6.32. The first-order valence-electron chi connectivity index (χ1n) is 11.4. The van der Waals surface area contributed by atoms with E-state index in [1.807, 2.05) is 4.90 Å². The van der Waals surface area contributed by atoms with Gasteiger partial charge in [-0.2, -0.15) is 26.9 Å². The molecule has 0 amide bonds.